The topological polar surface area (TPSA) is 41.1 Å². The molecule has 0 unspecified atom stereocenters. The summed E-state index contributed by atoms with van der Waals surface area (Å²) in [5.41, 5.74) is 4.90. The molecule has 0 bridgehead atoms. The number of nitrogens with one attached hydrogen (secondary N) is 2. The monoisotopic (exact) mass is 406 g/mol. The standard InChI is InChI=1S/C23H19ClN2OS/c24-16-9-7-14(8-10-16)23-22-19(25-17-4-1-2-5-18(17)26-23)12-15(13-20(22)27)21-6-3-11-28-21/h1-11,15,23,25-26H,12-13H2/t15-,23-/m1/s1. The Bertz CT molecular complexity index is 1060. The lowest BCUT2D eigenvalue weighted by Crippen LogP contribution is -2.26. The number of para-hydroxylation sites is 2. The molecule has 2 heterocycles. The van der Waals surface area contributed by atoms with Gasteiger partial charge in [0.25, 0.3) is 0 Å². The van der Waals surface area contributed by atoms with Crippen molar-refractivity contribution in [2.24, 2.45) is 0 Å². The number of carbonyl (C=O) groups is 1. The molecule has 2 atom stereocenters. The van der Waals surface area contributed by atoms with Crippen LogP contribution in [0, 0.1) is 0 Å². The van der Waals surface area contributed by atoms with Crippen LogP contribution in [0.1, 0.15) is 35.2 Å². The molecule has 3 aromatic rings. The van der Waals surface area contributed by atoms with Crippen molar-refractivity contribution in [2.75, 3.05) is 10.6 Å². The molecule has 0 amide bonds. The summed E-state index contributed by atoms with van der Waals surface area (Å²) in [7, 11) is 0. The number of fused-ring (bicyclic) bond motifs is 1. The molecule has 28 heavy (non-hydrogen) atoms. The lowest BCUT2D eigenvalue weighted by Gasteiger charge is -2.29. The van der Waals surface area contributed by atoms with Gasteiger partial charge in [0.15, 0.2) is 5.78 Å². The molecule has 1 aromatic heterocycles. The van der Waals surface area contributed by atoms with E-state index in [1.165, 1.54) is 4.88 Å². The van der Waals surface area contributed by atoms with E-state index in [2.05, 4.69) is 34.2 Å². The number of ketones is 1. The van der Waals surface area contributed by atoms with Gasteiger partial charge in [-0.1, -0.05) is 41.9 Å². The minimum absolute atomic E-state index is 0.194. The Hall–Kier alpha value is -2.56. The zero-order valence-corrected chi connectivity index (χ0v) is 16.7. The number of hydrogen-bond acceptors (Lipinski definition) is 4. The molecule has 2 N–H and O–H groups in total. The molecule has 0 radical (unpaired) electrons. The summed E-state index contributed by atoms with van der Waals surface area (Å²) in [6.07, 6.45) is 1.38. The molecule has 5 heteroatoms. The maximum atomic E-state index is 13.3. The van der Waals surface area contributed by atoms with Crippen molar-refractivity contribution in [1.82, 2.24) is 0 Å². The van der Waals surface area contributed by atoms with Crippen LogP contribution in [0.2, 0.25) is 5.02 Å². The zero-order valence-electron chi connectivity index (χ0n) is 15.1. The van der Waals surface area contributed by atoms with Crippen molar-refractivity contribution in [3.05, 3.63) is 92.8 Å². The van der Waals surface area contributed by atoms with Crippen molar-refractivity contribution in [3.63, 3.8) is 0 Å². The van der Waals surface area contributed by atoms with Crippen LogP contribution in [0.15, 0.2) is 77.3 Å². The third-order valence-corrected chi connectivity index (χ3v) is 6.74. The third kappa shape index (κ3) is 3.13. The Kier molecular flexibility index (Phi) is 4.46. The summed E-state index contributed by atoms with van der Waals surface area (Å²) in [5.74, 6) is 0.433. The fourth-order valence-corrected chi connectivity index (χ4v) is 5.08. The smallest absolute Gasteiger partial charge is 0.163 e. The molecule has 0 spiro atoms. The number of benzene rings is 2. The lowest BCUT2D eigenvalue weighted by molar-refractivity contribution is -0.116. The highest BCUT2D eigenvalue weighted by molar-refractivity contribution is 7.10. The maximum Gasteiger partial charge on any atom is 0.163 e. The predicted octanol–water partition coefficient (Wildman–Crippen LogP) is 6.38. The van der Waals surface area contributed by atoms with Gasteiger partial charge in [0.2, 0.25) is 0 Å². The number of allylic oxidation sites excluding steroid dienone is 1. The van der Waals surface area contributed by atoms with Gasteiger partial charge in [-0.3, -0.25) is 4.79 Å². The average molecular weight is 407 g/mol. The SMILES string of the molecule is O=C1C[C@H](c2cccs2)CC2=C1[C@@H](c1ccc(Cl)cc1)Nc1ccccc1N2. The second-order valence-corrected chi connectivity index (χ2v) is 8.65. The largest absolute Gasteiger partial charge is 0.372 e. The maximum absolute atomic E-state index is 13.3. The van der Waals surface area contributed by atoms with Crippen molar-refractivity contribution in [1.29, 1.82) is 0 Å². The molecule has 5 rings (SSSR count). The third-order valence-electron chi connectivity index (χ3n) is 5.46. The summed E-state index contributed by atoms with van der Waals surface area (Å²) in [5, 5.41) is 9.94. The van der Waals surface area contributed by atoms with Crippen LogP contribution in [-0.4, -0.2) is 5.78 Å². The molecule has 1 aliphatic heterocycles. The van der Waals surface area contributed by atoms with Crippen molar-refractivity contribution >= 4 is 40.1 Å². The summed E-state index contributed by atoms with van der Waals surface area (Å²) in [6, 6.07) is 19.9. The predicted molar refractivity (Wildman–Crippen MR) is 116 cm³/mol. The van der Waals surface area contributed by atoms with Crippen molar-refractivity contribution < 1.29 is 4.79 Å². The Morgan fingerprint density at radius 2 is 1.71 bits per heavy atom. The van der Waals surface area contributed by atoms with Crippen molar-refractivity contribution in [3.8, 4) is 0 Å². The average Bonchev–Trinajstić information content (AvgIpc) is 3.18. The van der Waals surface area contributed by atoms with E-state index < -0.39 is 0 Å². The van der Waals surface area contributed by atoms with Gasteiger partial charge in [0.05, 0.1) is 17.4 Å². The Morgan fingerprint density at radius 1 is 0.929 bits per heavy atom. The van der Waals surface area contributed by atoms with Gasteiger partial charge in [0, 0.05) is 33.5 Å². The first kappa shape index (κ1) is 17.5. The Balaban J connectivity index is 1.62. The van der Waals surface area contributed by atoms with Gasteiger partial charge < -0.3 is 10.6 Å². The van der Waals surface area contributed by atoms with Gasteiger partial charge in [-0.2, -0.15) is 0 Å². The molecule has 0 saturated heterocycles. The van der Waals surface area contributed by atoms with Gasteiger partial charge in [-0.05, 0) is 47.7 Å². The number of anilines is 2. The fourth-order valence-electron chi connectivity index (χ4n) is 4.12. The quantitative estimate of drug-likeness (QED) is 0.518. The molecule has 0 fully saturated rings. The van der Waals surface area contributed by atoms with E-state index in [0.29, 0.717) is 11.4 Å². The van der Waals surface area contributed by atoms with E-state index in [1.807, 2.05) is 42.5 Å². The molecular formula is C23H19ClN2OS. The molecule has 3 nitrogen and oxygen atoms in total. The normalized spacial score (nSPS) is 21.2. The van der Waals surface area contributed by atoms with E-state index in [9.17, 15) is 4.79 Å². The molecular weight excluding hydrogens is 388 g/mol. The number of thiophene rings is 1. The van der Waals surface area contributed by atoms with E-state index >= 15 is 0 Å². The number of Topliss-reactive ketones (excluding diaryl/α,β-unsaturated/α-hetero) is 1. The van der Waals surface area contributed by atoms with Crippen LogP contribution in [0.25, 0.3) is 0 Å². The molecule has 140 valence electrons. The summed E-state index contributed by atoms with van der Waals surface area (Å²) in [4.78, 5) is 14.6. The first-order valence-corrected chi connectivity index (χ1v) is 10.6. The van der Waals surface area contributed by atoms with Crippen LogP contribution >= 0.6 is 22.9 Å². The van der Waals surface area contributed by atoms with E-state index in [4.69, 9.17) is 11.6 Å². The van der Waals surface area contributed by atoms with E-state index in [-0.39, 0.29) is 17.7 Å². The van der Waals surface area contributed by atoms with E-state index in [0.717, 1.165) is 34.6 Å². The van der Waals surface area contributed by atoms with Crippen LogP contribution in [0.4, 0.5) is 11.4 Å². The number of rotatable bonds is 2. The van der Waals surface area contributed by atoms with Crippen LogP contribution in [0.3, 0.4) is 0 Å². The second-order valence-electron chi connectivity index (χ2n) is 7.24. The number of halogens is 1. The minimum atomic E-state index is -0.194. The highest BCUT2D eigenvalue weighted by Gasteiger charge is 2.36. The molecule has 2 aliphatic rings. The Labute approximate surface area is 173 Å². The Morgan fingerprint density at radius 3 is 2.46 bits per heavy atom. The van der Waals surface area contributed by atoms with Gasteiger partial charge >= 0.3 is 0 Å². The van der Waals surface area contributed by atoms with Crippen LogP contribution in [-0.2, 0) is 4.79 Å². The zero-order chi connectivity index (χ0) is 19.1. The van der Waals surface area contributed by atoms with Crippen LogP contribution < -0.4 is 10.6 Å². The molecule has 2 aromatic carbocycles. The highest BCUT2D eigenvalue weighted by Crippen LogP contribution is 2.44. The van der Waals surface area contributed by atoms with E-state index in [1.54, 1.807) is 11.3 Å². The summed E-state index contributed by atoms with van der Waals surface area (Å²) < 4.78 is 0. The fraction of sp³-hybridized carbons (Fsp3) is 0.174. The second kappa shape index (κ2) is 7.12. The summed E-state index contributed by atoms with van der Waals surface area (Å²) >= 11 is 7.82. The first-order chi connectivity index (χ1) is 13.7. The van der Waals surface area contributed by atoms with Gasteiger partial charge in [-0.15, -0.1) is 11.3 Å². The highest BCUT2D eigenvalue weighted by atomic mass is 35.5. The number of carbonyl (C=O) groups excluding carboxylic acids is 1. The lowest BCUT2D eigenvalue weighted by atomic mass is 9.81. The van der Waals surface area contributed by atoms with Gasteiger partial charge in [0.1, 0.15) is 0 Å². The summed E-state index contributed by atoms with van der Waals surface area (Å²) in [6.45, 7) is 0. The molecule has 1 aliphatic carbocycles. The first-order valence-electron chi connectivity index (χ1n) is 9.37. The molecule has 0 saturated carbocycles. The minimum Gasteiger partial charge on any atom is -0.372 e. The van der Waals surface area contributed by atoms with Gasteiger partial charge in [-0.25, -0.2) is 0 Å². The number of hydrogen-bond donors (Lipinski definition) is 2. The van der Waals surface area contributed by atoms with Crippen LogP contribution in [0.5, 0.6) is 0 Å². The van der Waals surface area contributed by atoms with Crippen molar-refractivity contribution in [2.45, 2.75) is 24.8 Å².